The molecule has 7 heteroatoms. The van der Waals surface area contributed by atoms with E-state index in [1.165, 1.54) is 11.1 Å². The van der Waals surface area contributed by atoms with Crippen LogP contribution in [0, 0.1) is 6.92 Å². The topological polar surface area (TPSA) is 68.2 Å². The number of rotatable bonds is 7. The maximum atomic E-state index is 12.0. The summed E-state index contributed by atoms with van der Waals surface area (Å²) in [6, 6.07) is 16.4. The smallest absolute Gasteiger partial charge is 0.222 e. The molecular formula is C26H35IN4O2. The van der Waals surface area contributed by atoms with Crippen molar-refractivity contribution < 1.29 is 9.90 Å². The van der Waals surface area contributed by atoms with Crippen molar-refractivity contribution in [3.8, 4) is 0 Å². The molecule has 6 nitrogen and oxygen atoms in total. The van der Waals surface area contributed by atoms with Gasteiger partial charge in [0, 0.05) is 44.2 Å². The lowest BCUT2D eigenvalue weighted by Gasteiger charge is -2.24. The third-order valence-electron chi connectivity index (χ3n) is 6.46. The SMILES string of the molecule is CCNC(=NCC(O)c1ccc(C)cc1)N1CC(CCN2CCCC2=O)c2ccccc21.I. The number of carbonyl (C=O) groups excluding carboxylic acids is 1. The molecule has 0 aromatic heterocycles. The van der Waals surface area contributed by atoms with E-state index in [2.05, 4.69) is 41.4 Å². The predicted octanol–water partition coefficient (Wildman–Crippen LogP) is 4.23. The second kappa shape index (κ2) is 11.8. The molecule has 0 saturated carbocycles. The first-order chi connectivity index (χ1) is 15.6. The largest absolute Gasteiger partial charge is 0.386 e. The molecule has 2 atom stereocenters. The summed E-state index contributed by atoms with van der Waals surface area (Å²) in [5.74, 6) is 1.43. The van der Waals surface area contributed by atoms with Crippen molar-refractivity contribution in [1.82, 2.24) is 10.2 Å². The monoisotopic (exact) mass is 562 g/mol. The van der Waals surface area contributed by atoms with Crippen molar-refractivity contribution in [3.63, 3.8) is 0 Å². The Kier molecular flexibility index (Phi) is 9.14. The molecule has 2 aliphatic rings. The maximum Gasteiger partial charge on any atom is 0.222 e. The van der Waals surface area contributed by atoms with Gasteiger partial charge in [0.05, 0.1) is 12.6 Å². The Labute approximate surface area is 214 Å². The van der Waals surface area contributed by atoms with E-state index in [1.54, 1.807) is 0 Å². The van der Waals surface area contributed by atoms with E-state index in [0.717, 1.165) is 56.2 Å². The molecule has 4 rings (SSSR count). The number of guanidine groups is 1. The van der Waals surface area contributed by atoms with Crippen LogP contribution in [-0.2, 0) is 4.79 Å². The molecule has 2 N–H and O–H groups in total. The van der Waals surface area contributed by atoms with E-state index in [0.29, 0.717) is 18.9 Å². The highest BCUT2D eigenvalue weighted by Gasteiger charge is 2.32. The minimum Gasteiger partial charge on any atom is -0.386 e. The first-order valence-electron chi connectivity index (χ1n) is 11.7. The zero-order valence-electron chi connectivity index (χ0n) is 19.5. The van der Waals surface area contributed by atoms with Crippen LogP contribution in [0.3, 0.4) is 0 Å². The minimum absolute atomic E-state index is 0. The average molecular weight is 562 g/mol. The van der Waals surface area contributed by atoms with E-state index in [4.69, 9.17) is 4.99 Å². The van der Waals surface area contributed by atoms with E-state index >= 15 is 0 Å². The van der Waals surface area contributed by atoms with Gasteiger partial charge in [-0.25, -0.2) is 4.99 Å². The molecule has 2 aromatic carbocycles. The fourth-order valence-electron chi connectivity index (χ4n) is 4.66. The normalized spacial score (nSPS) is 18.8. The first kappa shape index (κ1) is 25.5. The average Bonchev–Trinajstić information content (AvgIpc) is 3.38. The van der Waals surface area contributed by atoms with Gasteiger partial charge in [-0.3, -0.25) is 4.79 Å². The van der Waals surface area contributed by atoms with Gasteiger partial charge in [0.15, 0.2) is 5.96 Å². The molecule has 33 heavy (non-hydrogen) atoms. The second-order valence-electron chi connectivity index (χ2n) is 8.76. The molecule has 178 valence electrons. The fourth-order valence-corrected chi connectivity index (χ4v) is 4.66. The van der Waals surface area contributed by atoms with Gasteiger partial charge < -0.3 is 20.2 Å². The molecule has 0 aliphatic carbocycles. The molecule has 0 radical (unpaired) electrons. The lowest BCUT2D eigenvalue weighted by atomic mass is 9.98. The van der Waals surface area contributed by atoms with Crippen LogP contribution in [0.25, 0.3) is 0 Å². The van der Waals surface area contributed by atoms with Crippen LogP contribution in [0.15, 0.2) is 53.5 Å². The quantitative estimate of drug-likeness (QED) is 0.301. The number of nitrogens with zero attached hydrogens (tertiary/aromatic N) is 3. The van der Waals surface area contributed by atoms with Crippen LogP contribution in [0.5, 0.6) is 0 Å². The molecule has 2 aromatic rings. The third kappa shape index (κ3) is 6.06. The number of nitrogens with one attached hydrogen (secondary N) is 1. The van der Waals surface area contributed by atoms with E-state index < -0.39 is 6.10 Å². The number of benzene rings is 2. The van der Waals surface area contributed by atoms with Crippen molar-refractivity contribution in [1.29, 1.82) is 0 Å². The number of aryl methyl sites for hydroxylation is 1. The van der Waals surface area contributed by atoms with E-state index in [-0.39, 0.29) is 29.9 Å². The molecule has 0 bridgehead atoms. The summed E-state index contributed by atoms with van der Waals surface area (Å²) in [5, 5.41) is 14.1. The van der Waals surface area contributed by atoms with Crippen molar-refractivity contribution in [3.05, 3.63) is 65.2 Å². The van der Waals surface area contributed by atoms with Crippen LogP contribution in [0.1, 0.15) is 54.9 Å². The molecule has 2 unspecified atom stereocenters. The summed E-state index contributed by atoms with van der Waals surface area (Å²) in [6.07, 6.45) is 1.98. The molecule has 2 aliphatic heterocycles. The zero-order valence-corrected chi connectivity index (χ0v) is 21.9. The van der Waals surface area contributed by atoms with Gasteiger partial charge in [-0.15, -0.1) is 24.0 Å². The van der Waals surface area contributed by atoms with Crippen molar-refractivity contribution in [2.75, 3.05) is 37.6 Å². The Morgan fingerprint density at radius 3 is 2.67 bits per heavy atom. The first-order valence-corrected chi connectivity index (χ1v) is 11.7. The molecule has 1 saturated heterocycles. The minimum atomic E-state index is -0.640. The zero-order chi connectivity index (χ0) is 22.5. The summed E-state index contributed by atoms with van der Waals surface area (Å²) in [4.78, 5) is 21.1. The molecule has 0 spiro atoms. The lowest BCUT2D eigenvalue weighted by molar-refractivity contribution is -0.127. The van der Waals surface area contributed by atoms with E-state index in [9.17, 15) is 9.90 Å². The number of likely N-dealkylation sites (tertiary alicyclic amines) is 1. The lowest BCUT2D eigenvalue weighted by Crippen LogP contribution is -2.41. The molecule has 1 fully saturated rings. The standard InChI is InChI=1S/C26H34N4O2.HI/c1-3-27-26(28-17-24(31)20-12-10-19(2)11-13-20)30-18-21(22-7-4-5-8-23(22)30)14-16-29-15-6-9-25(29)32;/h4-5,7-8,10-13,21,24,31H,3,6,9,14-18H2,1-2H3,(H,27,28);1H. The Balaban J connectivity index is 0.00000306. The summed E-state index contributed by atoms with van der Waals surface area (Å²) in [5.41, 5.74) is 4.52. The summed E-state index contributed by atoms with van der Waals surface area (Å²) < 4.78 is 0. The fraction of sp³-hybridized carbons (Fsp3) is 0.462. The summed E-state index contributed by atoms with van der Waals surface area (Å²) >= 11 is 0. The molecular weight excluding hydrogens is 527 g/mol. The highest BCUT2D eigenvalue weighted by Crippen LogP contribution is 2.38. The van der Waals surface area contributed by atoms with Crippen LogP contribution in [-0.4, -0.2) is 54.6 Å². The third-order valence-corrected chi connectivity index (χ3v) is 6.46. The van der Waals surface area contributed by atoms with Crippen molar-refractivity contribution in [2.45, 2.75) is 45.1 Å². The molecule has 2 heterocycles. The summed E-state index contributed by atoms with van der Waals surface area (Å²) in [6.45, 7) is 7.68. The van der Waals surface area contributed by atoms with Crippen LogP contribution >= 0.6 is 24.0 Å². The Hall–Kier alpha value is -2.13. The number of hydrogen-bond acceptors (Lipinski definition) is 3. The van der Waals surface area contributed by atoms with Crippen molar-refractivity contribution in [2.24, 2.45) is 4.99 Å². The van der Waals surface area contributed by atoms with Crippen LogP contribution in [0.2, 0.25) is 0 Å². The Morgan fingerprint density at radius 2 is 1.97 bits per heavy atom. The van der Waals surface area contributed by atoms with Gasteiger partial charge in [0.25, 0.3) is 0 Å². The predicted molar refractivity (Wildman–Crippen MR) is 144 cm³/mol. The number of halogens is 1. The number of amides is 1. The number of anilines is 1. The number of aliphatic hydroxyl groups is 1. The second-order valence-corrected chi connectivity index (χ2v) is 8.76. The van der Waals surface area contributed by atoms with Crippen LogP contribution < -0.4 is 10.2 Å². The van der Waals surface area contributed by atoms with Gasteiger partial charge in [-0.1, -0.05) is 48.0 Å². The number of aliphatic hydroxyl groups excluding tert-OH is 1. The van der Waals surface area contributed by atoms with Gasteiger partial charge in [0.1, 0.15) is 0 Å². The molecule has 1 amide bonds. The number of para-hydroxylation sites is 1. The highest BCUT2D eigenvalue weighted by atomic mass is 127. The Bertz CT molecular complexity index is 963. The maximum absolute atomic E-state index is 12.0. The van der Waals surface area contributed by atoms with Crippen LogP contribution in [0.4, 0.5) is 5.69 Å². The number of hydrogen-bond donors (Lipinski definition) is 2. The van der Waals surface area contributed by atoms with Gasteiger partial charge in [-0.2, -0.15) is 0 Å². The number of carbonyl (C=O) groups is 1. The number of fused-ring (bicyclic) bond motifs is 1. The Morgan fingerprint density at radius 1 is 1.21 bits per heavy atom. The summed E-state index contributed by atoms with van der Waals surface area (Å²) in [7, 11) is 0. The van der Waals surface area contributed by atoms with Gasteiger partial charge in [0.2, 0.25) is 5.91 Å². The number of aliphatic imine (C=N–C) groups is 1. The van der Waals surface area contributed by atoms with Gasteiger partial charge in [-0.05, 0) is 43.9 Å². The van der Waals surface area contributed by atoms with Gasteiger partial charge >= 0.3 is 0 Å². The highest BCUT2D eigenvalue weighted by molar-refractivity contribution is 14.0. The van der Waals surface area contributed by atoms with Crippen molar-refractivity contribution >= 4 is 41.5 Å². The van der Waals surface area contributed by atoms with E-state index in [1.807, 2.05) is 36.1 Å².